The molecule has 0 aliphatic carbocycles. The Morgan fingerprint density at radius 1 is 1.38 bits per heavy atom. The van der Waals surface area contributed by atoms with E-state index in [2.05, 4.69) is 20.2 Å². The summed E-state index contributed by atoms with van der Waals surface area (Å²) in [5, 5.41) is 3.45. The number of aromatic nitrogens is 2. The molecule has 1 unspecified atom stereocenters. The second-order valence-corrected chi connectivity index (χ2v) is 4.48. The Labute approximate surface area is 95.2 Å². The fourth-order valence-electron chi connectivity index (χ4n) is 2.59. The van der Waals surface area contributed by atoms with Crippen molar-refractivity contribution in [3.05, 3.63) is 17.2 Å². The van der Waals surface area contributed by atoms with Crippen molar-refractivity contribution in [1.29, 1.82) is 0 Å². The molecule has 2 aliphatic heterocycles. The van der Waals surface area contributed by atoms with Gasteiger partial charge in [-0.1, -0.05) is 0 Å². The number of aryl methyl sites for hydroxylation is 1. The van der Waals surface area contributed by atoms with Gasteiger partial charge in [-0.15, -0.1) is 0 Å². The molecule has 5 nitrogen and oxygen atoms in total. The number of hydrogen-bond donors (Lipinski definition) is 2. The minimum Gasteiger partial charge on any atom is -0.379 e. The zero-order chi connectivity index (χ0) is 11.0. The molecule has 0 bridgehead atoms. The first-order chi connectivity index (χ1) is 7.84. The predicted octanol–water partition coefficient (Wildman–Crippen LogP) is 0.195. The summed E-state index contributed by atoms with van der Waals surface area (Å²) >= 11 is 0. The second kappa shape index (κ2) is 4.16. The van der Waals surface area contributed by atoms with Crippen LogP contribution in [0.5, 0.6) is 0 Å². The smallest absolute Gasteiger partial charge is 0.103 e. The highest BCUT2D eigenvalue weighted by atomic mass is 16.5. The van der Waals surface area contributed by atoms with Gasteiger partial charge in [-0.05, 0) is 6.92 Å². The van der Waals surface area contributed by atoms with Crippen LogP contribution in [0.2, 0.25) is 0 Å². The molecular weight excluding hydrogens is 204 g/mol. The molecule has 0 aromatic carbocycles. The van der Waals surface area contributed by atoms with Gasteiger partial charge >= 0.3 is 0 Å². The molecule has 3 heterocycles. The number of H-pyrrole nitrogens is 1. The number of nitrogens with one attached hydrogen (secondary N) is 2. The van der Waals surface area contributed by atoms with E-state index in [1.165, 1.54) is 11.4 Å². The van der Waals surface area contributed by atoms with Crippen LogP contribution in [0.25, 0.3) is 0 Å². The van der Waals surface area contributed by atoms with Crippen molar-refractivity contribution in [3.63, 3.8) is 0 Å². The highest BCUT2D eigenvalue weighted by Crippen LogP contribution is 2.25. The quantitative estimate of drug-likeness (QED) is 0.712. The molecule has 0 radical (unpaired) electrons. The van der Waals surface area contributed by atoms with Crippen LogP contribution in [-0.4, -0.2) is 47.7 Å². The highest BCUT2D eigenvalue weighted by molar-refractivity contribution is 5.21. The predicted molar refractivity (Wildman–Crippen MR) is 60.2 cm³/mol. The van der Waals surface area contributed by atoms with Gasteiger partial charge in [0.1, 0.15) is 5.82 Å². The molecule has 1 saturated heterocycles. The maximum absolute atomic E-state index is 5.39. The zero-order valence-electron chi connectivity index (χ0n) is 9.62. The van der Waals surface area contributed by atoms with Crippen molar-refractivity contribution < 1.29 is 4.74 Å². The monoisotopic (exact) mass is 222 g/mol. The third kappa shape index (κ3) is 1.75. The lowest BCUT2D eigenvalue weighted by atomic mass is 10.1. The summed E-state index contributed by atoms with van der Waals surface area (Å²) in [4.78, 5) is 10.4. The van der Waals surface area contributed by atoms with E-state index < -0.39 is 0 Å². The van der Waals surface area contributed by atoms with Gasteiger partial charge in [-0.25, -0.2) is 4.98 Å². The average Bonchev–Trinajstić information content (AvgIpc) is 2.70. The summed E-state index contributed by atoms with van der Waals surface area (Å²) in [5.41, 5.74) is 2.48. The summed E-state index contributed by atoms with van der Waals surface area (Å²) in [7, 11) is 0. The molecule has 3 rings (SSSR count). The Morgan fingerprint density at radius 3 is 3.00 bits per heavy atom. The van der Waals surface area contributed by atoms with E-state index in [1.807, 2.05) is 6.92 Å². The largest absolute Gasteiger partial charge is 0.379 e. The first kappa shape index (κ1) is 10.3. The van der Waals surface area contributed by atoms with Crippen molar-refractivity contribution >= 4 is 0 Å². The van der Waals surface area contributed by atoms with E-state index in [4.69, 9.17) is 4.74 Å². The van der Waals surface area contributed by atoms with Crippen LogP contribution in [-0.2, 0) is 11.3 Å². The molecule has 1 fully saturated rings. The van der Waals surface area contributed by atoms with Gasteiger partial charge in [0.2, 0.25) is 0 Å². The number of hydrogen-bond acceptors (Lipinski definition) is 4. The van der Waals surface area contributed by atoms with Gasteiger partial charge in [-0.3, -0.25) is 4.90 Å². The number of imidazole rings is 1. The van der Waals surface area contributed by atoms with E-state index in [0.29, 0.717) is 6.04 Å². The number of morpholine rings is 1. The molecule has 2 N–H and O–H groups in total. The summed E-state index contributed by atoms with van der Waals surface area (Å²) in [5.74, 6) is 1.02. The lowest BCUT2D eigenvalue weighted by molar-refractivity contribution is 0.0137. The Balaban J connectivity index is 1.85. The molecule has 0 amide bonds. The molecule has 0 saturated carbocycles. The number of aromatic amines is 1. The Morgan fingerprint density at radius 2 is 2.19 bits per heavy atom. The van der Waals surface area contributed by atoms with Crippen LogP contribution in [0.4, 0.5) is 0 Å². The summed E-state index contributed by atoms with van der Waals surface area (Å²) in [6, 6.07) is 0.414. The SMILES string of the molecule is Cc1nc2c([nH]1)CNCC2N1CCOCC1. The van der Waals surface area contributed by atoms with Gasteiger partial charge in [-0.2, -0.15) is 0 Å². The molecule has 1 atom stereocenters. The molecular formula is C11H18N4O. The maximum atomic E-state index is 5.39. The first-order valence-electron chi connectivity index (χ1n) is 5.92. The van der Waals surface area contributed by atoms with Crippen molar-refractivity contribution in [3.8, 4) is 0 Å². The van der Waals surface area contributed by atoms with Gasteiger partial charge in [0.15, 0.2) is 0 Å². The van der Waals surface area contributed by atoms with Crippen LogP contribution in [0.15, 0.2) is 0 Å². The van der Waals surface area contributed by atoms with E-state index in [0.717, 1.165) is 45.2 Å². The summed E-state index contributed by atoms with van der Waals surface area (Å²) in [6.07, 6.45) is 0. The minimum atomic E-state index is 0.414. The number of nitrogens with zero attached hydrogens (tertiary/aromatic N) is 2. The fourth-order valence-corrected chi connectivity index (χ4v) is 2.59. The molecule has 0 spiro atoms. The lowest BCUT2D eigenvalue weighted by Gasteiger charge is -2.36. The topological polar surface area (TPSA) is 53.2 Å². The Kier molecular flexibility index (Phi) is 2.67. The normalized spacial score (nSPS) is 26.7. The summed E-state index contributed by atoms with van der Waals surface area (Å²) in [6.45, 7) is 7.64. The number of rotatable bonds is 1. The molecule has 88 valence electrons. The third-order valence-corrected chi connectivity index (χ3v) is 3.37. The van der Waals surface area contributed by atoms with Gasteiger partial charge in [0.25, 0.3) is 0 Å². The highest BCUT2D eigenvalue weighted by Gasteiger charge is 2.29. The van der Waals surface area contributed by atoms with E-state index in [9.17, 15) is 0 Å². The third-order valence-electron chi connectivity index (χ3n) is 3.37. The average molecular weight is 222 g/mol. The van der Waals surface area contributed by atoms with Crippen LogP contribution in [0.1, 0.15) is 23.3 Å². The van der Waals surface area contributed by atoms with Crippen LogP contribution >= 0.6 is 0 Å². The Hall–Kier alpha value is -0.910. The fraction of sp³-hybridized carbons (Fsp3) is 0.727. The standard InChI is InChI=1S/C11H18N4O/c1-8-13-9-6-12-7-10(11(9)14-8)15-2-4-16-5-3-15/h10,12H,2-7H2,1H3,(H,13,14). The second-order valence-electron chi connectivity index (χ2n) is 4.48. The molecule has 5 heteroatoms. The van der Waals surface area contributed by atoms with E-state index in [-0.39, 0.29) is 0 Å². The van der Waals surface area contributed by atoms with Gasteiger partial charge in [0.05, 0.1) is 30.6 Å². The van der Waals surface area contributed by atoms with Crippen molar-refractivity contribution in [1.82, 2.24) is 20.2 Å². The van der Waals surface area contributed by atoms with Crippen molar-refractivity contribution in [2.75, 3.05) is 32.8 Å². The van der Waals surface area contributed by atoms with Gasteiger partial charge < -0.3 is 15.0 Å². The summed E-state index contributed by atoms with van der Waals surface area (Å²) < 4.78 is 5.39. The minimum absolute atomic E-state index is 0.414. The van der Waals surface area contributed by atoms with Crippen LogP contribution in [0, 0.1) is 6.92 Å². The lowest BCUT2D eigenvalue weighted by Crippen LogP contribution is -2.45. The maximum Gasteiger partial charge on any atom is 0.103 e. The molecule has 16 heavy (non-hydrogen) atoms. The first-order valence-corrected chi connectivity index (χ1v) is 5.92. The zero-order valence-corrected chi connectivity index (χ0v) is 9.62. The van der Waals surface area contributed by atoms with Crippen LogP contribution in [0.3, 0.4) is 0 Å². The molecule has 1 aromatic rings. The number of fused-ring (bicyclic) bond motifs is 1. The molecule has 2 aliphatic rings. The van der Waals surface area contributed by atoms with Crippen molar-refractivity contribution in [2.45, 2.75) is 19.5 Å². The van der Waals surface area contributed by atoms with Gasteiger partial charge in [0, 0.05) is 26.2 Å². The number of ether oxygens (including phenoxy) is 1. The molecule has 1 aromatic heterocycles. The van der Waals surface area contributed by atoms with Crippen LogP contribution < -0.4 is 5.32 Å². The van der Waals surface area contributed by atoms with Crippen molar-refractivity contribution in [2.24, 2.45) is 0 Å². The van der Waals surface area contributed by atoms with E-state index in [1.54, 1.807) is 0 Å². The van der Waals surface area contributed by atoms with E-state index >= 15 is 0 Å². The Bertz CT molecular complexity index is 370.